The zero-order valence-electron chi connectivity index (χ0n) is 12.5. The van der Waals surface area contributed by atoms with Gasteiger partial charge in [0.1, 0.15) is 9.71 Å². The lowest BCUT2D eigenvalue weighted by Crippen LogP contribution is -2.39. The van der Waals surface area contributed by atoms with Gasteiger partial charge in [-0.2, -0.15) is 5.10 Å². The topological polar surface area (TPSA) is 102 Å². The van der Waals surface area contributed by atoms with Crippen LogP contribution in [0.3, 0.4) is 0 Å². The van der Waals surface area contributed by atoms with Gasteiger partial charge in [0.15, 0.2) is 0 Å². The molecule has 4 N–H and O–H groups in total. The lowest BCUT2D eigenvalue weighted by atomic mass is 10.2. The molecule has 0 radical (unpaired) electrons. The third kappa shape index (κ3) is 2.99. The van der Waals surface area contributed by atoms with E-state index in [1.54, 1.807) is 4.68 Å². The predicted molar refractivity (Wildman–Crippen MR) is 83.4 cm³/mol. The fourth-order valence-electron chi connectivity index (χ4n) is 2.11. The van der Waals surface area contributed by atoms with Crippen LogP contribution in [-0.2, 0) is 11.8 Å². The van der Waals surface area contributed by atoms with Crippen LogP contribution in [0.1, 0.15) is 29.2 Å². The van der Waals surface area contributed by atoms with E-state index in [2.05, 4.69) is 15.7 Å². The molecule has 0 aliphatic rings. The minimum absolute atomic E-state index is 0.0394. The van der Waals surface area contributed by atoms with E-state index in [-0.39, 0.29) is 24.4 Å². The van der Waals surface area contributed by atoms with Crippen molar-refractivity contribution in [3.8, 4) is 0 Å². The largest absolute Gasteiger partial charge is 0.397 e. The van der Waals surface area contributed by atoms with Crippen molar-refractivity contribution < 1.29 is 9.59 Å². The fourth-order valence-corrected chi connectivity index (χ4v) is 3.21. The number of fused-ring (bicyclic) bond motifs is 1. The summed E-state index contributed by atoms with van der Waals surface area (Å²) in [7, 11) is 1.81. The third-order valence-electron chi connectivity index (χ3n) is 2.95. The van der Waals surface area contributed by atoms with Gasteiger partial charge in [0, 0.05) is 13.1 Å². The maximum absolute atomic E-state index is 12.2. The zero-order valence-corrected chi connectivity index (χ0v) is 13.3. The molecular weight excluding hydrogens is 290 g/mol. The van der Waals surface area contributed by atoms with Crippen LogP contribution in [0.4, 0.5) is 5.69 Å². The number of carbonyl (C=O) groups is 2. The number of nitrogen functional groups attached to an aromatic ring is 1. The van der Waals surface area contributed by atoms with Crippen LogP contribution < -0.4 is 16.4 Å². The Balaban J connectivity index is 2.15. The average Bonchev–Trinajstić information content (AvgIpc) is 2.86. The first-order chi connectivity index (χ1) is 9.81. The number of rotatable bonds is 4. The van der Waals surface area contributed by atoms with Crippen molar-refractivity contribution in [1.82, 2.24) is 20.4 Å². The first-order valence-electron chi connectivity index (χ1n) is 6.60. The van der Waals surface area contributed by atoms with Crippen molar-refractivity contribution in [2.75, 3.05) is 12.3 Å². The van der Waals surface area contributed by atoms with Crippen molar-refractivity contribution in [1.29, 1.82) is 0 Å². The molecule has 114 valence electrons. The summed E-state index contributed by atoms with van der Waals surface area (Å²) in [6.07, 6.45) is 0. The molecule has 2 heterocycles. The van der Waals surface area contributed by atoms with Crippen LogP contribution >= 0.6 is 11.3 Å². The molecule has 0 atom stereocenters. The minimum atomic E-state index is -0.341. The second-order valence-electron chi connectivity index (χ2n) is 5.14. The molecule has 0 unspecified atom stereocenters. The lowest BCUT2D eigenvalue weighted by molar-refractivity contribution is -0.120. The van der Waals surface area contributed by atoms with Crippen molar-refractivity contribution in [2.45, 2.75) is 26.8 Å². The van der Waals surface area contributed by atoms with Crippen LogP contribution in [0.15, 0.2) is 0 Å². The minimum Gasteiger partial charge on any atom is -0.397 e. The molecule has 0 aromatic carbocycles. The Labute approximate surface area is 126 Å². The molecule has 0 fully saturated rings. The highest BCUT2D eigenvalue weighted by atomic mass is 32.1. The van der Waals surface area contributed by atoms with Gasteiger partial charge >= 0.3 is 0 Å². The Morgan fingerprint density at radius 2 is 2.10 bits per heavy atom. The predicted octanol–water partition coefficient (Wildman–Crippen LogP) is 0.780. The molecule has 2 aromatic heterocycles. The Bertz CT molecular complexity index is 701. The number of nitrogens with one attached hydrogen (secondary N) is 2. The summed E-state index contributed by atoms with van der Waals surface area (Å²) in [6, 6.07) is 0.0394. The Morgan fingerprint density at radius 3 is 2.67 bits per heavy atom. The second kappa shape index (κ2) is 5.72. The molecule has 2 aromatic rings. The SMILES string of the molecule is Cc1nn(C)c2sc(C(=O)NCC(=O)NC(C)C)c(N)c12. The first-order valence-corrected chi connectivity index (χ1v) is 7.42. The maximum Gasteiger partial charge on any atom is 0.264 e. The highest BCUT2D eigenvalue weighted by Crippen LogP contribution is 2.35. The van der Waals surface area contributed by atoms with Crippen LogP contribution in [0.2, 0.25) is 0 Å². The highest BCUT2D eigenvalue weighted by Gasteiger charge is 2.21. The van der Waals surface area contributed by atoms with Gasteiger partial charge in [-0.1, -0.05) is 0 Å². The quantitative estimate of drug-likeness (QED) is 0.776. The number of aryl methyl sites for hydroxylation is 2. The molecule has 0 spiro atoms. The fraction of sp³-hybridized carbons (Fsp3) is 0.462. The molecule has 0 bridgehead atoms. The van der Waals surface area contributed by atoms with Crippen LogP contribution in [-0.4, -0.2) is 34.2 Å². The lowest BCUT2D eigenvalue weighted by Gasteiger charge is -2.08. The zero-order chi connectivity index (χ0) is 15.7. The van der Waals surface area contributed by atoms with Crippen molar-refractivity contribution in [3.05, 3.63) is 10.6 Å². The summed E-state index contributed by atoms with van der Waals surface area (Å²) in [5, 5.41) is 10.4. The highest BCUT2D eigenvalue weighted by molar-refractivity contribution is 7.21. The van der Waals surface area contributed by atoms with E-state index in [1.165, 1.54) is 11.3 Å². The van der Waals surface area contributed by atoms with Crippen LogP contribution in [0.5, 0.6) is 0 Å². The normalized spacial score (nSPS) is 11.1. The van der Waals surface area contributed by atoms with Crippen LogP contribution in [0.25, 0.3) is 10.2 Å². The summed E-state index contributed by atoms with van der Waals surface area (Å²) in [5.74, 6) is -0.567. The average molecular weight is 309 g/mol. The standard InChI is InChI=1S/C13H19N5O2S/c1-6(2)16-8(19)5-15-12(20)11-10(14)9-7(3)17-18(4)13(9)21-11/h6H,5,14H2,1-4H3,(H,15,20)(H,16,19). The molecule has 21 heavy (non-hydrogen) atoms. The Hall–Kier alpha value is -2.09. The van der Waals surface area contributed by atoms with Gasteiger partial charge in [0.25, 0.3) is 5.91 Å². The molecular formula is C13H19N5O2S. The smallest absolute Gasteiger partial charge is 0.264 e. The van der Waals surface area contributed by atoms with E-state index in [0.29, 0.717) is 10.6 Å². The van der Waals surface area contributed by atoms with Gasteiger partial charge in [-0.25, -0.2) is 0 Å². The first kappa shape index (κ1) is 15.3. The Kier molecular flexibility index (Phi) is 4.17. The third-order valence-corrected chi connectivity index (χ3v) is 4.22. The second-order valence-corrected chi connectivity index (χ2v) is 6.14. The van der Waals surface area contributed by atoms with Crippen molar-refractivity contribution in [2.24, 2.45) is 7.05 Å². The van der Waals surface area contributed by atoms with Gasteiger partial charge in [-0.15, -0.1) is 11.3 Å². The van der Waals surface area contributed by atoms with Crippen molar-refractivity contribution >= 4 is 39.1 Å². The van der Waals surface area contributed by atoms with E-state index < -0.39 is 0 Å². The molecule has 2 rings (SSSR count). The maximum atomic E-state index is 12.2. The summed E-state index contributed by atoms with van der Waals surface area (Å²) in [6.45, 7) is 5.50. The molecule has 0 aliphatic heterocycles. The molecule has 8 heteroatoms. The number of nitrogens with two attached hydrogens (primary N) is 1. The monoisotopic (exact) mass is 309 g/mol. The number of anilines is 1. The van der Waals surface area contributed by atoms with E-state index >= 15 is 0 Å². The number of hydrogen-bond donors (Lipinski definition) is 3. The summed E-state index contributed by atoms with van der Waals surface area (Å²) >= 11 is 1.28. The van der Waals surface area contributed by atoms with E-state index in [9.17, 15) is 9.59 Å². The molecule has 0 saturated carbocycles. The van der Waals surface area contributed by atoms with Gasteiger partial charge in [0.05, 0.1) is 23.3 Å². The van der Waals surface area contributed by atoms with Gasteiger partial charge in [-0.05, 0) is 20.8 Å². The van der Waals surface area contributed by atoms with Crippen LogP contribution in [0, 0.1) is 6.92 Å². The number of hydrogen-bond acceptors (Lipinski definition) is 5. The number of amides is 2. The Morgan fingerprint density at radius 1 is 1.43 bits per heavy atom. The number of nitrogens with zero attached hydrogens (tertiary/aromatic N) is 2. The van der Waals surface area contributed by atoms with E-state index in [1.807, 2.05) is 27.8 Å². The van der Waals surface area contributed by atoms with Gasteiger partial charge in [-0.3, -0.25) is 14.3 Å². The summed E-state index contributed by atoms with van der Waals surface area (Å²) < 4.78 is 1.70. The molecule has 7 nitrogen and oxygen atoms in total. The van der Waals surface area contributed by atoms with Crippen molar-refractivity contribution in [3.63, 3.8) is 0 Å². The summed E-state index contributed by atoms with van der Waals surface area (Å²) in [4.78, 5) is 25.0. The van der Waals surface area contributed by atoms with Gasteiger partial charge in [0.2, 0.25) is 5.91 Å². The van der Waals surface area contributed by atoms with E-state index in [4.69, 9.17) is 5.73 Å². The number of thiophene rings is 1. The number of carbonyl (C=O) groups excluding carboxylic acids is 2. The van der Waals surface area contributed by atoms with Gasteiger partial charge < -0.3 is 16.4 Å². The molecule has 0 saturated heterocycles. The summed E-state index contributed by atoms with van der Waals surface area (Å²) in [5.41, 5.74) is 7.25. The molecule has 0 aliphatic carbocycles. The number of aromatic nitrogens is 2. The molecule has 2 amide bonds. The van der Waals surface area contributed by atoms with E-state index in [0.717, 1.165) is 15.9 Å².